The second-order valence-corrected chi connectivity index (χ2v) is 7.68. The number of nitrogens with zero attached hydrogens (tertiary/aromatic N) is 3. The first-order valence-corrected chi connectivity index (χ1v) is 9.34. The normalized spacial score (nSPS) is 15.5. The molecule has 0 unspecified atom stereocenters. The van der Waals surface area contributed by atoms with Crippen molar-refractivity contribution in [2.24, 2.45) is 0 Å². The first-order chi connectivity index (χ1) is 12.0. The van der Waals surface area contributed by atoms with Crippen molar-refractivity contribution in [3.63, 3.8) is 0 Å². The molecule has 0 saturated carbocycles. The Morgan fingerprint density at radius 1 is 1.19 bits per heavy atom. The molecule has 0 atom stereocenters. The van der Waals surface area contributed by atoms with Gasteiger partial charge in [0.1, 0.15) is 0 Å². The third-order valence-electron chi connectivity index (χ3n) is 4.53. The molecule has 2 heterocycles. The van der Waals surface area contributed by atoms with Crippen molar-refractivity contribution in [2.45, 2.75) is 20.4 Å². The number of nitrogen functional groups attached to an aromatic ring is 1. The summed E-state index contributed by atoms with van der Waals surface area (Å²) in [5.74, 6) is 0.0566. The largest absolute Gasteiger partial charge is 0.375 e. The predicted molar refractivity (Wildman–Crippen MR) is 110 cm³/mol. The maximum absolute atomic E-state index is 12.4. The predicted octanol–water partition coefficient (Wildman–Crippen LogP) is 2.52. The van der Waals surface area contributed by atoms with Crippen LogP contribution in [0.3, 0.4) is 0 Å². The van der Waals surface area contributed by atoms with Crippen LogP contribution in [0.15, 0.2) is 24.4 Å². The molecule has 1 fully saturated rings. The molecule has 6 nitrogen and oxygen atoms in total. The van der Waals surface area contributed by atoms with Gasteiger partial charge in [0, 0.05) is 49.5 Å². The number of rotatable bonds is 5. The highest BCUT2D eigenvalue weighted by atomic mass is 35.5. The Bertz CT molecular complexity index is 723. The molecule has 0 bridgehead atoms. The summed E-state index contributed by atoms with van der Waals surface area (Å²) < 4.78 is 0. The van der Waals surface area contributed by atoms with Gasteiger partial charge in [-0.3, -0.25) is 14.6 Å². The lowest BCUT2D eigenvalue weighted by Gasteiger charge is -2.34. The minimum atomic E-state index is 0. The van der Waals surface area contributed by atoms with Crippen LogP contribution in [0, 0.1) is 13.8 Å². The Morgan fingerprint density at radius 3 is 2.38 bits per heavy atom. The van der Waals surface area contributed by atoms with Gasteiger partial charge in [-0.15, -0.1) is 23.7 Å². The second-order valence-electron chi connectivity index (χ2n) is 6.53. The molecule has 1 aromatic heterocycles. The average molecular weight is 396 g/mol. The number of aromatic nitrogens is 1. The van der Waals surface area contributed by atoms with E-state index in [4.69, 9.17) is 5.73 Å². The van der Waals surface area contributed by atoms with Crippen LogP contribution in [0.5, 0.6) is 0 Å². The molecule has 3 N–H and O–H groups in total. The van der Waals surface area contributed by atoms with Crippen molar-refractivity contribution in [1.82, 2.24) is 14.8 Å². The zero-order chi connectivity index (χ0) is 17.8. The fourth-order valence-electron chi connectivity index (χ4n) is 3.12. The number of thiazole rings is 1. The third-order valence-corrected chi connectivity index (χ3v) is 5.34. The van der Waals surface area contributed by atoms with Gasteiger partial charge in [-0.2, -0.15) is 0 Å². The minimum absolute atomic E-state index is 0. The highest BCUT2D eigenvalue weighted by molar-refractivity contribution is 7.15. The molecule has 1 amide bonds. The topological polar surface area (TPSA) is 74.5 Å². The highest BCUT2D eigenvalue weighted by Gasteiger charge is 2.20. The van der Waals surface area contributed by atoms with Crippen LogP contribution in [0.2, 0.25) is 0 Å². The molecule has 1 aliphatic heterocycles. The van der Waals surface area contributed by atoms with Crippen LogP contribution in [0.1, 0.15) is 16.0 Å². The maximum atomic E-state index is 12.4. The number of benzene rings is 1. The van der Waals surface area contributed by atoms with Crippen molar-refractivity contribution in [3.05, 3.63) is 40.4 Å². The van der Waals surface area contributed by atoms with Crippen LogP contribution in [-0.2, 0) is 11.3 Å². The number of hydrogen-bond donors (Lipinski definition) is 2. The van der Waals surface area contributed by atoms with Crippen LogP contribution in [0.25, 0.3) is 0 Å². The Balaban J connectivity index is 0.00000243. The molecule has 0 aliphatic carbocycles. The van der Waals surface area contributed by atoms with Crippen LogP contribution < -0.4 is 11.1 Å². The van der Waals surface area contributed by atoms with Gasteiger partial charge in [-0.05, 0) is 25.0 Å². The Labute approximate surface area is 164 Å². The monoisotopic (exact) mass is 395 g/mol. The maximum Gasteiger partial charge on any atom is 0.238 e. The summed E-state index contributed by atoms with van der Waals surface area (Å²) in [6.07, 6.45) is 1.85. The number of para-hydroxylation sites is 1. The fraction of sp³-hybridized carbons (Fsp3) is 0.444. The van der Waals surface area contributed by atoms with Gasteiger partial charge >= 0.3 is 0 Å². The molecule has 3 rings (SSSR count). The molecular weight excluding hydrogens is 370 g/mol. The van der Waals surface area contributed by atoms with Gasteiger partial charge in [-0.25, -0.2) is 4.98 Å². The van der Waals surface area contributed by atoms with Gasteiger partial charge in [0.25, 0.3) is 0 Å². The van der Waals surface area contributed by atoms with Crippen molar-refractivity contribution in [1.29, 1.82) is 0 Å². The number of carbonyl (C=O) groups excluding carboxylic acids is 1. The van der Waals surface area contributed by atoms with E-state index in [-0.39, 0.29) is 18.3 Å². The van der Waals surface area contributed by atoms with Gasteiger partial charge in [0.15, 0.2) is 5.13 Å². The summed E-state index contributed by atoms with van der Waals surface area (Å²) in [6.45, 7) is 9.07. The van der Waals surface area contributed by atoms with E-state index in [0.29, 0.717) is 11.7 Å². The molecular formula is C18H26ClN5OS. The lowest BCUT2D eigenvalue weighted by Crippen LogP contribution is -2.48. The number of aryl methyl sites for hydroxylation is 2. The Kier molecular flexibility index (Phi) is 7.40. The number of nitrogens with one attached hydrogen (secondary N) is 1. The molecule has 2 aromatic rings. The van der Waals surface area contributed by atoms with E-state index in [2.05, 4.69) is 20.1 Å². The van der Waals surface area contributed by atoms with Gasteiger partial charge in [-0.1, -0.05) is 18.2 Å². The summed E-state index contributed by atoms with van der Waals surface area (Å²) in [4.78, 5) is 22.3. The van der Waals surface area contributed by atoms with E-state index in [1.54, 1.807) is 11.3 Å². The van der Waals surface area contributed by atoms with Crippen LogP contribution in [-0.4, -0.2) is 53.4 Å². The first-order valence-electron chi connectivity index (χ1n) is 8.52. The van der Waals surface area contributed by atoms with Gasteiger partial charge in [0.2, 0.25) is 5.91 Å². The number of amides is 1. The van der Waals surface area contributed by atoms with Crippen LogP contribution in [0.4, 0.5) is 10.8 Å². The number of carbonyl (C=O) groups is 1. The lowest BCUT2D eigenvalue weighted by atomic mass is 10.1. The van der Waals surface area contributed by atoms with Crippen molar-refractivity contribution in [2.75, 3.05) is 43.8 Å². The molecule has 8 heteroatoms. The van der Waals surface area contributed by atoms with Crippen molar-refractivity contribution in [3.8, 4) is 0 Å². The standard InChI is InChI=1S/C18H25N5OS.ClH/c1-13-4-3-5-14(2)17(13)21-16(24)12-23-8-6-22(7-9-23)11-15-10-20-18(19)25-15;/h3-5,10H,6-9,11-12H2,1-2H3,(H2,19,20)(H,21,24);1H. The SMILES string of the molecule is Cc1cccc(C)c1NC(=O)CN1CCN(Cc2cnc(N)s2)CC1.Cl. The summed E-state index contributed by atoms with van der Waals surface area (Å²) in [5.41, 5.74) is 8.82. The van der Waals surface area contributed by atoms with Gasteiger partial charge < -0.3 is 11.1 Å². The number of anilines is 2. The summed E-state index contributed by atoms with van der Waals surface area (Å²) in [7, 11) is 0. The molecule has 0 spiro atoms. The van der Waals surface area contributed by atoms with Crippen molar-refractivity contribution >= 4 is 40.5 Å². The molecule has 1 aromatic carbocycles. The zero-order valence-electron chi connectivity index (χ0n) is 15.2. The fourth-order valence-corrected chi connectivity index (χ4v) is 3.84. The quantitative estimate of drug-likeness (QED) is 0.813. The van der Waals surface area contributed by atoms with E-state index < -0.39 is 0 Å². The van der Waals surface area contributed by atoms with E-state index >= 15 is 0 Å². The molecule has 0 radical (unpaired) electrons. The van der Waals surface area contributed by atoms with Crippen LogP contribution >= 0.6 is 23.7 Å². The van der Waals surface area contributed by atoms with E-state index in [1.165, 1.54) is 4.88 Å². The summed E-state index contributed by atoms with van der Waals surface area (Å²) in [6, 6.07) is 6.05. The number of piperazine rings is 1. The highest BCUT2D eigenvalue weighted by Crippen LogP contribution is 2.20. The van der Waals surface area contributed by atoms with Crippen molar-refractivity contribution < 1.29 is 4.79 Å². The molecule has 26 heavy (non-hydrogen) atoms. The smallest absolute Gasteiger partial charge is 0.238 e. The summed E-state index contributed by atoms with van der Waals surface area (Å²) in [5, 5.41) is 3.69. The van der Waals surface area contributed by atoms with Gasteiger partial charge in [0.05, 0.1) is 6.54 Å². The summed E-state index contributed by atoms with van der Waals surface area (Å²) >= 11 is 1.54. The Hall–Kier alpha value is -1.67. The number of halogens is 1. The van der Waals surface area contributed by atoms with E-state index in [9.17, 15) is 4.79 Å². The number of hydrogen-bond acceptors (Lipinski definition) is 6. The lowest BCUT2D eigenvalue weighted by molar-refractivity contribution is -0.117. The second kappa shape index (κ2) is 9.32. The Morgan fingerprint density at radius 2 is 1.81 bits per heavy atom. The molecule has 142 valence electrons. The van der Waals surface area contributed by atoms with E-state index in [1.807, 2.05) is 38.2 Å². The molecule has 1 aliphatic rings. The number of nitrogens with two attached hydrogens (primary N) is 1. The minimum Gasteiger partial charge on any atom is -0.375 e. The average Bonchev–Trinajstić information content (AvgIpc) is 2.98. The molecule has 1 saturated heterocycles. The van der Waals surface area contributed by atoms with E-state index in [0.717, 1.165) is 49.5 Å². The third kappa shape index (κ3) is 5.41. The zero-order valence-corrected chi connectivity index (χ0v) is 16.8. The first kappa shape index (κ1) is 20.6.